The number of aromatic nitrogens is 2. The van der Waals surface area contributed by atoms with Crippen LogP contribution in [0.3, 0.4) is 0 Å². The van der Waals surface area contributed by atoms with Crippen LogP contribution in [0.5, 0.6) is 0 Å². The third kappa shape index (κ3) is 2.98. The van der Waals surface area contributed by atoms with Crippen molar-refractivity contribution in [2.75, 3.05) is 0 Å². The quantitative estimate of drug-likeness (QED) is 0.883. The van der Waals surface area contributed by atoms with Crippen molar-refractivity contribution in [2.45, 2.75) is 39.7 Å². The molecule has 0 saturated carbocycles. The molecule has 0 amide bonds. The molecule has 98 valence electrons. The standard InChI is InChI=1S/C13H18N2O3/c1-8(2)6-10(16)7-11-14-13(15-18-11)12-9(3)4-5-17-12/h4-5,8,10,16H,6-7H2,1-3H3. The molecule has 2 aromatic heterocycles. The van der Waals surface area contributed by atoms with Gasteiger partial charge in [-0.2, -0.15) is 4.98 Å². The fourth-order valence-electron chi connectivity index (χ4n) is 1.86. The maximum absolute atomic E-state index is 9.82. The lowest BCUT2D eigenvalue weighted by Gasteiger charge is -2.09. The lowest BCUT2D eigenvalue weighted by atomic mass is 10.0. The van der Waals surface area contributed by atoms with Crippen LogP contribution in [0.25, 0.3) is 11.6 Å². The summed E-state index contributed by atoms with van der Waals surface area (Å²) in [6.07, 6.45) is 2.24. The number of rotatable bonds is 5. The number of aliphatic hydroxyl groups is 1. The number of hydrogen-bond acceptors (Lipinski definition) is 5. The fraction of sp³-hybridized carbons (Fsp3) is 0.538. The molecular formula is C13H18N2O3. The molecule has 2 rings (SSSR count). The van der Waals surface area contributed by atoms with Crippen molar-refractivity contribution in [1.29, 1.82) is 0 Å². The zero-order valence-electron chi connectivity index (χ0n) is 10.9. The van der Waals surface area contributed by atoms with E-state index in [1.54, 1.807) is 6.26 Å². The summed E-state index contributed by atoms with van der Waals surface area (Å²) < 4.78 is 10.4. The second kappa shape index (κ2) is 5.35. The zero-order chi connectivity index (χ0) is 13.1. The highest BCUT2D eigenvalue weighted by molar-refractivity contribution is 5.50. The first-order valence-electron chi connectivity index (χ1n) is 6.11. The van der Waals surface area contributed by atoms with Crippen LogP contribution in [-0.2, 0) is 6.42 Å². The summed E-state index contributed by atoms with van der Waals surface area (Å²) in [5, 5.41) is 13.7. The fourth-order valence-corrected chi connectivity index (χ4v) is 1.86. The Morgan fingerprint density at radius 2 is 2.17 bits per heavy atom. The number of furan rings is 1. The molecule has 0 spiro atoms. The molecule has 0 saturated heterocycles. The van der Waals surface area contributed by atoms with Crippen LogP contribution < -0.4 is 0 Å². The first-order valence-corrected chi connectivity index (χ1v) is 6.11. The molecule has 0 fully saturated rings. The first kappa shape index (κ1) is 12.8. The topological polar surface area (TPSA) is 72.3 Å². The summed E-state index contributed by atoms with van der Waals surface area (Å²) in [4.78, 5) is 4.23. The molecular weight excluding hydrogens is 232 g/mol. The van der Waals surface area contributed by atoms with Gasteiger partial charge in [-0.15, -0.1) is 0 Å². The van der Waals surface area contributed by atoms with Crippen molar-refractivity contribution in [2.24, 2.45) is 5.92 Å². The van der Waals surface area contributed by atoms with Gasteiger partial charge in [0.15, 0.2) is 5.76 Å². The minimum absolute atomic E-state index is 0.380. The highest BCUT2D eigenvalue weighted by atomic mass is 16.5. The molecule has 0 bridgehead atoms. The summed E-state index contributed by atoms with van der Waals surface area (Å²) >= 11 is 0. The molecule has 18 heavy (non-hydrogen) atoms. The Morgan fingerprint density at radius 1 is 1.39 bits per heavy atom. The van der Waals surface area contributed by atoms with Gasteiger partial charge in [0.1, 0.15) is 0 Å². The second-order valence-electron chi connectivity index (χ2n) is 4.93. The van der Waals surface area contributed by atoms with E-state index in [-0.39, 0.29) is 0 Å². The summed E-state index contributed by atoms with van der Waals surface area (Å²) in [5.74, 6) is 1.93. The zero-order valence-corrected chi connectivity index (χ0v) is 10.9. The maximum Gasteiger partial charge on any atom is 0.238 e. The molecule has 1 atom stereocenters. The second-order valence-corrected chi connectivity index (χ2v) is 4.93. The van der Waals surface area contributed by atoms with Gasteiger partial charge >= 0.3 is 0 Å². The SMILES string of the molecule is Cc1ccoc1-c1noc(CC(O)CC(C)C)n1. The molecule has 0 aliphatic rings. The van der Waals surface area contributed by atoms with Crippen LogP contribution in [0.4, 0.5) is 0 Å². The molecule has 5 heteroatoms. The Kier molecular flexibility index (Phi) is 3.81. The number of nitrogens with zero attached hydrogens (tertiary/aromatic N) is 2. The van der Waals surface area contributed by atoms with E-state index in [0.29, 0.717) is 29.8 Å². The predicted molar refractivity (Wildman–Crippen MR) is 65.9 cm³/mol. The van der Waals surface area contributed by atoms with Gasteiger partial charge in [0.25, 0.3) is 0 Å². The van der Waals surface area contributed by atoms with Crippen molar-refractivity contribution < 1.29 is 14.0 Å². The van der Waals surface area contributed by atoms with Crippen LogP contribution in [0, 0.1) is 12.8 Å². The van der Waals surface area contributed by atoms with Gasteiger partial charge in [0, 0.05) is 0 Å². The van der Waals surface area contributed by atoms with Crippen molar-refractivity contribution >= 4 is 0 Å². The summed E-state index contributed by atoms with van der Waals surface area (Å²) in [6, 6.07) is 1.85. The number of aryl methyl sites for hydroxylation is 1. The molecule has 2 aromatic rings. The van der Waals surface area contributed by atoms with Crippen LogP contribution in [0.15, 0.2) is 21.3 Å². The van der Waals surface area contributed by atoms with Gasteiger partial charge in [-0.1, -0.05) is 19.0 Å². The van der Waals surface area contributed by atoms with Gasteiger partial charge in [0.2, 0.25) is 11.7 Å². The largest absolute Gasteiger partial charge is 0.461 e. The molecule has 0 aromatic carbocycles. The predicted octanol–water partition coefficient (Wildman–Crippen LogP) is 2.59. The smallest absolute Gasteiger partial charge is 0.238 e. The minimum Gasteiger partial charge on any atom is -0.461 e. The van der Waals surface area contributed by atoms with Gasteiger partial charge in [0.05, 0.1) is 18.8 Å². The Bertz CT molecular complexity index is 502. The molecule has 0 aliphatic carbocycles. The molecule has 1 N–H and O–H groups in total. The Morgan fingerprint density at radius 3 is 2.78 bits per heavy atom. The average Bonchev–Trinajstić information content (AvgIpc) is 2.85. The molecule has 2 heterocycles. The van der Waals surface area contributed by atoms with Gasteiger partial charge < -0.3 is 14.0 Å². The van der Waals surface area contributed by atoms with Crippen molar-refractivity contribution in [1.82, 2.24) is 10.1 Å². The monoisotopic (exact) mass is 250 g/mol. The minimum atomic E-state index is -0.448. The lowest BCUT2D eigenvalue weighted by molar-refractivity contribution is 0.138. The maximum atomic E-state index is 9.82. The van der Waals surface area contributed by atoms with E-state index in [1.165, 1.54) is 0 Å². The van der Waals surface area contributed by atoms with E-state index in [0.717, 1.165) is 12.0 Å². The van der Waals surface area contributed by atoms with E-state index in [1.807, 2.05) is 13.0 Å². The van der Waals surface area contributed by atoms with Crippen LogP contribution in [0.2, 0.25) is 0 Å². The summed E-state index contributed by atoms with van der Waals surface area (Å²) in [6.45, 7) is 6.05. The lowest BCUT2D eigenvalue weighted by Crippen LogP contribution is -2.13. The first-order chi connectivity index (χ1) is 8.56. The molecule has 0 aliphatic heterocycles. The van der Waals surface area contributed by atoms with Gasteiger partial charge in [-0.05, 0) is 30.9 Å². The Labute approximate surface area is 106 Å². The number of hydrogen-bond donors (Lipinski definition) is 1. The average molecular weight is 250 g/mol. The Balaban J connectivity index is 2.05. The number of aliphatic hydroxyl groups excluding tert-OH is 1. The van der Waals surface area contributed by atoms with E-state index < -0.39 is 6.10 Å². The Hall–Kier alpha value is -1.62. The van der Waals surface area contributed by atoms with Gasteiger partial charge in [-0.25, -0.2) is 0 Å². The van der Waals surface area contributed by atoms with E-state index in [9.17, 15) is 5.11 Å². The van der Waals surface area contributed by atoms with E-state index in [2.05, 4.69) is 24.0 Å². The third-order valence-electron chi connectivity index (χ3n) is 2.69. The van der Waals surface area contributed by atoms with Gasteiger partial charge in [-0.3, -0.25) is 0 Å². The highest BCUT2D eigenvalue weighted by Gasteiger charge is 2.16. The van der Waals surface area contributed by atoms with Crippen LogP contribution in [-0.4, -0.2) is 21.4 Å². The van der Waals surface area contributed by atoms with Crippen molar-refractivity contribution in [3.05, 3.63) is 23.8 Å². The summed E-state index contributed by atoms with van der Waals surface area (Å²) in [5.41, 5.74) is 0.963. The van der Waals surface area contributed by atoms with E-state index in [4.69, 9.17) is 8.94 Å². The molecule has 0 radical (unpaired) electrons. The highest BCUT2D eigenvalue weighted by Crippen LogP contribution is 2.21. The van der Waals surface area contributed by atoms with Crippen LogP contribution in [0.1, 0.15) is 31.7 Å². The van der Waals surface area contributed by atoms with Crippen molar-refractivity contribution in [3.63, 3.8) is 0 Å². The third-order valence-corrected chi connectivity index (χ3v) is 2.69. The van der Waals surface area contributed by atoms with Crippen molar-refractivity contribution in [3.8, 4) is 11.6 Å². The molecule has 5 nitrogen and oxygen atoms in total. The summed E-state index contributed by atoms with van der Waals surface area (Å²) in [7, 11) is 0. The van der Waals surface area contributed by atoms with Crippen LogP contribution >= 0.6 is 0 Å². The van der Waals surface area contributed by atoms with E-state index >= 15 is 0 Å². The molecule has 1 unspecified atom stereocenters. The normalized spacial score (nSPS) is 13.2.